The third-order valence-corrected chi connectivity index (χ3v) is 4.41. The average molecular weight is 358 g/mol. The summed E-state index contributed by atoms with van der Waals surface area (Å²) in [7, 11) is 3.62. The van der Waals surface area contributed by atoms with Crippen molar-refractivity contribution in [2.45, 2.75) is 39.8 Å². The van der Waals surface area contributed by atoms with Gasteiger partial charge in [0.2, 0.25) is 0 Å². The van der Waals surface area contributed by atoms with Crippen LogP contribution in [0.5, 0.6) is 0 Å². The average Bonchev–Trinajstić information content (AvgIpc) is 2.84. The van der Waals surface area contributed by atoms with E-state index < -0.39 is 0 Å². The van der Waals surface area contributed by atoms with Gasteiger partial charge >= 0.3 is 0 Å². The Hall–Kier alpha value is -2.90. The summed E-state index contributed by atoms with van der Waals surface area (Å²) in [5.41, 5.74) is 4.12. The van der Waals surface area contributed by atoms with Crippen molar-refractivity contribution in [1.82, 2.24) is 20.4 Å². The number of guanidine groups is 1. The van der Waals surface area contributed by atoms with Crippen LogP contribution in [-0.2, 0) is 20.0 Å². The lowest BCUT2D eigenvalue weighted by atomic mass is 10.1. The molecular weight excluding hydrogens is 332 g/mol. The summed E-state index contributed by atoms with van der Waals surface area (Å²) >= 11 is 0. The van der Waals surface area contributed by atoms with Gasteiger partial charge in [0.05, 0.1) is 10.6 Å². The molecule has 0 spiro atoms. The van der Waals surface area contributed by atoms with Crippen LogP contribution >= 0.6 is 0 Å². The number of para-hydroxylation sites is 1. The van der Waals surface area contributed by atoms with Gasteiger partial charge in [0.1, 0.15) is 0 Å². The fourth-order valence-electron chi connectivity index (χ4n) is 2.92. The van der Waals surface area contributed by atoms with E-state index in [2.05, 4.69) is 34.6 Å². The van der Waals surface area contributed by atoms with E-state index in [0.717, 1.165) is 17.8 Å². The lowest BCUT2D eigenvalue weighted by Gasteiger charge is -2.18. The third-order valence-electron chi connectivity index (χ3n) is 4.41. The van der Waals surface area contributed by atoms with Gasteiger partial charge in [-0.3, -0.25) is 19.8 Å². The first-order valence-electron chi connectivity index (χ1n) is 8.52. The van der Waals surface area contributed by atoms with Crippen molar-refractivity contribution in [3.8, 4) is 0 Å². The van der Waals surface area contributed by atoms with Crippen molar-refractivity contribution in [1.29, 1.82) is 0 Å². The minimum atomic E-state index is -0.371. The highest BCUT2D eigenvalue weighted by atomic mass is 16.6. The molecule has 0 aliphatic carbocycles. The molecule has 140 valence electrons. The first-order valence-corrected chi connectivity index (χ1v) is 8.52. The molecule has 8 heteroatoms. The molecule has 1 atom stereocenters. The van der Waals surface area contributed by atoms with Gasteiger partial charge in [-0.1, -0.05) is 18.2 Å². The van der Waals surface area contributed by atoms with E-state index in [1.54, 1.807) is 25.2 Å². The monoisotopic (exact) mass is 358 g/mol. The number of aryl methyl sites for hydroxylation is 2. The largest absolute Gasteiger partial charge is 0.354 e. The molecule has 2 rings (SSSR count). The zero-order valence-corrected chi connectivity index (χ0v) is 15.9. The summed E-state index contributed by atoms with van der Waals surface area (Å²) in [5, 5.41) is 22.0. The Morgan fingerprint density at radius 2 is 2.08 bits per heavy atom. The molecule has 0 bridgehead atoms. The molecule has 0 amide bonds. The molecule has 0 saturated carbocycles. The maximum absolute atomic E-state index is 11.1. The Kier molecular flexibility index (Phi) is 6.32. The topological polar surface area (TPSA) is 97.4 Å². The number of rotatable bonds is 6. The molecular formula is C18H26N6O2. The molecule has 0 fully saturated rings. The molecule has 1 aromatic carbocycles. The van der Waals surface area contributed by atoms with Crippen LogP contribution in [0.2, 0.25) is 0 Å². The van der Waals surface area contributed by atoms with E-state index in [-0.39, 0.29) is 16.7 Å². The van der Waals surface area contributed by atoms with Gasteiger partial charge in [-0.25, -0.2) is 0 Å². The molecule has 1 aromatic heterocycles. The van der Waals surface area contributed by atoms with Gasteiger partial charge in [-0.05, 0) is 32.8 Å². The number of benzene rings is 1. The van der Waals surface area contributed by atoms with Crippen molar-refractivity contribution in [2.24, 2.45) is 12.0 Å². The standard InChI is InChI=1S/C18H26N6O2/c1-12(10-16-13(2)22-23(5)14(16)3)21-18(19-4)20-11-15-8-6-7-9-17(15)24(25)26/h6-9,12H,10-11H2,1-5H3,(H2,19,20,21). The molecule has 26 heavy (non-hydrogen) atoms. The Labute approximate surface area is 153 Å². The van der Waals surface area contributed by atoms with Crippen LogP contribution < -0.4 is 10.6 Å². The summed E-state index contributed by atoms with van der Waals surface area (Å²) in [6.45, 7) is 6.47. The third kappa shape index (κ3) is 4.59. The van der Waals surface area contributed by atoms with E-state index in [4.69, 9.17) is 0 Å². The summed E-state index contributed by atoms with van der Waals surface area (Å²) in [6, 6.07) is 6.83. The van der Waals surface area contributed by atoms with Gasteiger partial charge < -0.3 is 10.6 Å². The SMILES string of the molecule is CN=C(NCc1ccccc1[N+](=O)[O-])NC(C)Cc1c(C)nn(C)c1C. The van der Waals surface area contributed by atoms with Gasteiger partial charge in [0.25, 0.3) is 5.69 Å². The highest BCUT2D eigenvalue weighted by Gasteiger charge is 2.15. The second kappa shape index (κ2) is 8.46. The molecule has 1 heterocycles. The number of nitrogens with zero attached hydrogens (tertiary/aromatic N) is 4. The molecule has 0 aliphatic rings. The van der Waals surface area contributed by atoms with Gasteiger partial charge in [-0.2, -0.15) is 5.10 Å². The predicted octanol–water partition coefficient (Wildman–Crippen LogP) is 2.24. The zero-order valence-electron chi connectivity index (χ0n) is 15.9. The molecule has 2 aromatic rings. The van der Waals surface area contributed by atoms with Crippen molar-refractivity contribution in [3.05, 3.63) is 56.9 Å². The minimum Gasteiger partial charge on any atom is -0.354 e. The van der Waals surface area contributed by atoms with Gasteiger partial charge in [0, 0.05) is 44.0 Å². The van der Waals surface area contributed by atoms with E-state index >= 15 is 0 Å². The second-order valence-corrected chi connectivity index (χ2v) is 6.33. The Morgan fingerprint density at radius 3 is 2.65 bits per heavy atom. The predicted molar refractivity (Wildman–Crippen MR) is 102 cm³/mol. The fraction of sp³-hybridized carbons (Fsp3) is 0.444. The summed E-state index contributed by atoms with van der Waals surface area (Å²) in [4.78, 5) is 14.9. The molecule has 0 radical (unpaired) electrons. The van der Waals surface area contributed by atoms with Crippen LogP contribution in [-0.4, -0.2) is 33.8 Å². The molecule has 8 nitrogen and oxygen atoms in total. The van der Waals surface area contributed by atoms with Crippen LogP contribution in [0.15, 0.2) is 29.3 Å². The Bertz CT molecular complexity index is 812. The number of aliphatic imine (C=N–C) groups is 1. The second-order valence-electron chi connectivity index (χ2n) is 6.33. The van der Waals surface area contributed by atoms with Crippen LogP contribution in [0.3, 0.4) is 0 Å². The minimum absolute atomic E-state index is 0.102. The smallest absolute Gasteiger partial charge is 0.274 e. The van der Waals surface area contributed by atoms with Crippen LogP contribution in [0.25, 0.3) is 0 Å². The van der Waals surface area contributed by atoms with Crippen LogP contribution in [0.4, 0.5) is 5.69 Å². The normalized spacial score (nSPS) is 12.7. The molecule has 0 aliphatic heterocycles. The van der Waals surface area contributed by atoms with Crippen molar-refractivity contribution in [3.63, 3.8) is 0 Å². The summed E-state index contributed by atoms with van der Waals surface area (Å²) in [6.07, 6.45) is 0.817. The first-order chi connectivity index (χ1) is 12.3. The van der Waals surface area contributed by atoms with Gasteiger partial charge in [-0.15, -0.1) is 0 Å². The van der Waals surface area contributed by atoms with Crippen molar-refractivity contribution in [2.75, 3.05) is 7.05 Å². The number of nitro groups is 1. The van der Waals surface area contributed by atoms with Crippen LogP contribution in [0, 0.1) is 24.0 Å². The summed E-state index contributed by atoms with van der Waals surface area (Å²) < 4.78 is 1.89. The van der Waals surface area contributed by atoms with E-state index in [1.807, 2.05) is 18.7 Å². The fourth-order valence-corrected chi connectivity index (χ4v) is 2.92. The van der Waals surface area contributed by atoms with E-state index in [9.17, 15) is 10.1 Å². The lowest BCUT2D eigenvalue weighted by molar-refractivity contribution is -0.385. The highest BCUT2D eigenvalue weighted by Crippen LogP contribution is 2.17. The Balaban J connectivity index is 1.98. The quantitative estimate of drug-likeness (QED) is 0.357. The van der Waals surface area contributed by atoms with Crippen LogP contribution in [0.1, 0.15) is 29.4 Å². The maximum Gasteiger partial charge on any atom is 0.274 e. The maximum atomic E-state index is 11.1. The number of aromatic nitrogens is 2. The van der Waals surface area contributed by atoms with Crippen molar-refractivity contribution >= 4 is 11.6 Å². The molecule has 0 saturated heterocycles. The van der Waals surface area contributed by atoms with Crippen molar-refractivity contribution < 1.29 is 4.92 Å². The highest BCUT2D eigenvalue weighted by molar-refractivity contribution is 5.80. The number of hydrogen-bond acceptors (Lipinski definition) is 4. The molecule has 2 N–H and O–H groups in total. The number of nitro benzene ring substituents is 1. The Morgan fingerprint density at radius 1 is 1.38 bits per heavy atom. The lowest BCUT2D eigenvalue weighted by Crippen LogP contribution is -2.42. The summed E-state index contributed by atoms with van der Waals surface area (Å²) in [5.74, 6) is 0.606. The first kappa shape index (κ1) is 19.4. The van der Waals surface area contributed by atoms with Gasteiger partial charge in [0.15, 0.2) is 5.96 Å². The zero-order chi connectivity index (χ0) is 19.3. The van der Waals surface area contributed by atoms with E-state index in [0.29, 0.717) is 18.1 Å². The molecule has 1 unspecified atom stereocenters. The number of nitrogens with one attached hydrogen (secondary N) is 2. The number of hydrogen-bond donors (Lipinski definition) is 2. The van der Waals surface area contributed by atoms with E-state index in [1.165, 1.54) is 11.6 Å².